The summed E-state index contributed by atoms with van der Waals surface area (Å²) in [7, 11) is 0. The molecule has 1 aliphatic heterocycles. The summed E-state index contributed by atoms with van der Waals surface area (Å²) in [6, 6.07) is 13.8. The highest BCUT2D eigenvalue weighted by atomic mass is 16.5. The molecule has 0 saturated carbocycles. The number of rotatable bonds is 6. The first-order valence-electron chi connectivity index (χ1n) is 8.47. The van der Waals surface area contributed by atoms with Gasteiger partial charge in [-0.3, -0.25) is 14.4 Å². The number of carbonyl (C=O) groups is 3. The molecule has 0 radical (unpaired) electrons. The van der Waals surface area contributed by atoms with Crippen molar-refractivity contribution in [1.82, 2.24) is 0 Å². The van der Waals surface area contributed by atoms with Crippen molar-refractivity contribution in [2.75, 3.05) is 23.4 Å². The van der Waals surface area contributed by atoms with Crippen molar-refractivity contribution < 1.29 is 19.1 Å². The van der Waals surface area contributed by atoms with Gasteiger partial charge in [-0.1, -0.05) is 0 Å². The van der Waals surface area contributed by atoms with Crippen LogP contribution in [0.5, 0.6) is 5.75 Å². The molecule has 6 heteroatoms. The van der Waals surface area contributed by atoms with Gasteiger partial charge in [-0.15, -0.1) is 0 Å². The third kappa shape index (κ3) is 4.27. The van der Waals surface area contributed by atoms with Crippen molar-refractivity contribution in [2.45, 2.75) is 19.8 Å². The standard InChI is InChI=1S/C20H20N2O4/c1-14(23)15-4-10-18(11-5-15)26-13-19(24)21-16-6-8-17(9-7-16)22-12-2-3-20(22)25/h4-11H,2-3,12-13H2,1H3,(H,21,24). The zero-order chi connectivity index (χ0) is 18.5. The Morgan fingerprint density at radius 3 is 2.35 bits per heavy atom. The van der Waals surface area contributed by atoms with Gasteiger partial charge in [-0.25, -0.2) is 0 Å². The Labute approximate surface area is 151 Å². The molecule has 3 rings (SSSR count). The number of ether oxygens (including phenoxy) is 1. The lowest BCUT2D eigenvalue weighted by Gasteiger charge is -2.16. The van der Waals surface area contributed by atoms with Crippen LogP contribution in [0, 0.1) is 0 Å². The molecule has 1 saturated heterocycles. The molecule has 0 aromatic heterocycles. The Bertz CT molecular complexity index is 813. The fourth-order valence-corrected chi connectivity index (χ4v) is 2.78. The lowest BCUT2D eigenvalue weighted by molar-refractivity contribution is -0.118. The maximum Gasteiger partial charge on any atom is 0.262 e. The summed E-state index contributed by atoms with van der Waals surface area (Å²) in [5, 5.41) is 2.75. The number of nitrogens with zero attached hydrogens (tertiary/aromatic N) is 1. The van der Waals surface area contributed by atoms with Crippen LogP contribution < -0.4 is 15.0 Å². The summed E-state index contributed by atoms with van der Waals surface area (Å²) >= 11 is 0. The van der Waals surface area contributed by atoms with E-state index in [1.807, 2.05) is 12.1 Å². The van der Waals surface area contributed by atoms with E-state index < -0.39 is 0 Å². The maximum atomic E-state index is 12.0. The van der Waals surface area contributed by atoms with Crippen LogP contribution in [-0.2, 0) is 9.59 Å². The molecular weight excluding hydrogens is 332 g/mol. The predicted octanol–water partition coefficient (Wildman–Crippen LogP) is 3.03. The van der Waals surface area contributed by atoms with Crippen LogP contribution in [0.2, 0.25) is 0 Å². The minimum absolute atomic E-state index is 0.0200. The van der Waals surface area contributed by atoms with E-state index in [9.17, 15) is 14.4 Å². The number of benzene rings is 2. The molecule has 1 heterocycles. The minimum Gasteiger partial charge on any atom is -0.484 e. The largest absolute Gasteiger partial charge is 0.484 e. The first-order valence-corrected chi connectivity index (χ1v) is 8.47. The number of hydrogen-bond acceptors (Lipinski definition) is 4. The van der Waals surface area contributed by atoms with Crippen LogP contribution in [0.4, 0.5) is 11.4 Å². The fourth-order valence-electron chi connectivity index (χ4n) is 2.78. The van der Waals surface area contributed by atoms with E-state index in [0.29, 0.717) is 23.4 Å². The monoisotopic (exact) mass is 352 g/mol. The third-order valence-electron chi connectivity index (χ3n) is 4.17. The van der Waals surface area contributed by atoms with Gasteiger partial charge in [-0.2, -0.15) is 0 Å². The first kappa shape index (κ1) is 17.7. The van der Waals surface area contributed by atoms with E-state index in [0.717, 1.165) is 18.7 Å². The lowest BCUT2D eigenvalue weighted by Crippen LogP contribution is -2.23. The van der Waals surface area contributed by atoms with Crippen LogP contribution >= 0.6 is 0 Å². The topological polar surface area (TPSA) is 75.7 Å². The van der Waals surface area contributed by atoms with Crippen molar-refractivity contribution in [3.63, 3.8) is 0 Å². The maximum absolute atomic E-state index is 12.0. The average molecular weight is 352 g/mol. The van der Waals surface area contributed by atoms with Crippen LogP contribution in [-0.4, -0.2) is 30.7 Å². The summed E-state index contributed by atoms with van der Waals surface area (Å²) in [6.45, 7) is 2.10. The molecule has 26 heavy (non-hydrogen) atoms. The highest BCUT2D eigenvalue weighted by Crippen LogP contribution is 2.23. The summed E-state index contributed by atoms with van der Waals surface area (Å²) in [5.74, 6) is 0.345. The van der Waals surface area contributed by atoms with Crippen molar-refractivity contribution in [3.8, 4) is 5.75 Å². The number of ketones is 1. The Morgan fingerprint density at radius 2 is 1.77 bits per heavy atom. The molecule has 0 bridgehead atoms. The van der Waals surface area contributed by atoms with Gasteiger partial charge < -0.3 is 15.0 Å². The third-order valence-corrected chi connectivity index (χ3v) is 4.17. The van der Waals surface area contributed by atoms with Crippen molar-refractivity contribution in [2.24, 2.45) is 0 Å². The second-order valence-corrected chi connectivity index (χ2v) is 6.11. The number of hydrogen-bond donors (Lipinski definition) is 1. The number of amides is 2. The second kappa shape index (κ2) is 7.82. The summed E-state index contributed by atoms with van der Waals surface area (Å²) in [4.78, 5) is 36.7. The highest BCUT2D eigenvalue weighted by Gasteiger charge is 2.21. The summed E-state index contributed by atoms with van der Waals surface area (Å²) < 4.78 is 5.42. The molecule has 1 aliphatic rings. The summed E-state index contributed by atoms with van der Waals surface area (Å²) in [6.07, 6.45) is 1.46. The van der Waals surface area contributed by atoms with E-state index in [2.05, 4.69) is 5.32 Å². The highest BCUT2D eigenvalue weighted by molar-refractivity contribution is 5.96. The Kier molecular flexibility index (Phi) is 5.31. The minimum atomic E-state index is -0.286. The molecular formula is C20H20N2O4. The molecule has 2 aromatic carbocycles. The van der Waals surface area contributed by atoms with Gasteiger partial charge in [0, 0.05) is 29.9 Å². The Morgan fingerprint density at radius 1 is 1.08 bits per heavy atom. The molecule has 2 amide bonds. The molecule has 1 N–H and O–H groups in total. The number of anilines is 2. The fraction of sp³-hybridized carbons (Fsp3) is 0.250. The van der Waals surface area contributed by atoms with Gasteiger partial charge in [0.15, 0.2) is 12.4 Å². The van der Waals surface area contributed by atoms with Crippen molar-refractivity contribution in [1.29, 1.82) is 0 Å². The molecule has 134 valence electrons. The molecule has 2 aromatic rings. The van der Waals surface area contributed by atoms with Gasteiger partial charge in [0.1, 0.15) is 5.75 Å². The van der Waals surface area contributed by atoms with E-state index >= 15 is 0 Å². The smallest absolute Gasteiger partial charge is 0.262 e. The van der Waals surface area contributed by atoms with Gasteiger partial charge in [0.05, 0.1) is 0 Å². The number of Topliss-reactive ketones (excluding diaryl/α,β-unsaturated/α-hetero) is 1. The Balaban J connectivity index is 1.51. The van der Waals surface area contributed by atoms with Crippen LogP contribution in [0.15, 0.2) is 48.5 Å². The average Bonchev–Trinajstić information content (AvgIpc) is 3.07. The van der Waals surface area contributed by atoms with Crippen molar-refractivity contribution in [3.05, 3.63) is 54.1 Å². The van der Waals surface area contributed by atoms with Crippen LogP contribution in [0.25, 0.3) is 0 Å². The van der Waals surface area contributed by atoms with E-state index in [-0.39, 0.29) is 24.2 Å². The predicted molar refractivity (Wildman–Crippen MR) is 98.6 cm³/mol. The molecule has 0 atom stereocenters. The normalized spacial score (nSPS) is 13.6. The zero-order valence-corrected chi connectivity index (χ0v) is 14.5. The van der Waals surface area contributed by atoms with Crippen molar-refractivity contribution >= 4 is 29.0 Å². The lowest BCUT2D eigenvalue weighted by atomic mass is 10.1. The number of carbonyl (C=O) groups excluding carboxylic acids is 3. The van der Waals surface area contributed by atoms with Gasteiger partial charge >= 0.3 is 0 Å². The Hall–Kier alpha value is -3.15. The molecule has 0 unspecified atom stereocenters. The van der Waals surface area contributed by atoms with E-state index in [1.165, 1.54) is 6.92 Å². The SMILES string of the molecule is CC(=O)c1ccc(OCC(=O)Nc2ccc(N3CCCC3=O)cc2)cc1. The van der Waals surface area contributed by atoms with Gasteiger partial charge in [-0.05, 0) is 61.9 Å². The summed E-state index contributed by atoms with van der Waals surface area (Å²) in [5.41, 5.74) is 2.08. The van der Waals surface area contributed by atoms with Gasteiger partial charge in [0.25, 0.3) is 5.91 Å². The molecule has 6 nitrogen and oxygen atoms in total. The molecule has 0 spiro atoms. The molecule has 0 aliphatic carbocycles. The van der Waals surface area contributed by atoms with E-state index in [4.69, 9.17) is 4.74 Å². The van der Waals surface area contributed by atoms with Crippen LogP contribution in [0.1, 0.15) is 30.1 Å². The number of nitrogens with one attached hydrogen (secondary N) is 1. The zero-order valence-electron chi connectivity index (χ0n) is 14.5. The molecule has 1 fully saturated rings. The van der Waals surface area contributed by atoms with Crippen LogP contribution in [0.3, 0.4) is 0 Å². The van der Waals surface area contributed by atoms with E-state index in [1.54, 1.807) is 41.3 Å². The quantitative estimate of drug-likeness (QED) is 0.811. The second-order valence-electron chi connectivity index (χ2n) is 6.11. The first-order chi connectivity index (χ1) is 12.5. The van der Waals surface area contributed by atoms with Gasteiger partial charge in [0.2, 0.25) is 5.91 Å².